The van der Waals surface area contributed by atoms with Crippen LogP contribution in [0.15, 0.2) is 24.3 Å². The minimum absolute atomic E-state index is 0.0901. The van der Waals surface area contributed by atoms with E-state index in [0.29, 0.717) is 0 Å². The summed E-state index contributed by atoms with van der Waals surface area (Å²) in [4.78, 5) is 0. The standard InChI is InChI=1S/C12H15F3S2/c1-3-16-11(17-4-2)9-6-5-7-10(8-9)12(13,14)15/h5-8,11H,3-4H2,1-2H3. The van der Waals surface area contributed by atoms with Gasteiger partial charge in [-0.25, -0.2) is 0 Å². The van der Waals surface area contributed by atoms with E-state index in [2.05, 4.69) is 0 Å². The maximum Gasteiger partial charge on any atom is 0.416 e. The van der Waals surface area contributed by atoms with Crippen LogP contribution in [0.1, 0.15) is 29.6 Å². The molecule has 0 unspecified atom stereocenters. The summed E-state index contributed by atoms with van der Waals surface area (Å²) in [5.41, 5.74) is 0.187. The third-order valence-corrected chi connectivity index (χ3v) is 4.76. The Morgan fingerprint density at radius 3 is 2.18 bits per heavy atom. The van der Waals surface area contributed by atoms with E-state index in [-0.39, 0.29) is 4.58 Å². The Morgan fingerprint density at radius 2 is 1.71 bits per heavy atom. The molecule has 0 aliphatic rings. The van der Waals surface area contributed by atoms with E-state index in [4.69, 9.17) is 0 Å². The summed E-state index contributed by atoms with van der Waals surface area (Å²) in [5, 5.41) is 0. The van der Waals surface area contributed by atoms with Crippen LogP contribution in [0.25, 0.3) is 0 Å². The van der Waals surface area contributed by atoms with Gasteiger partial charge in [-0.2, -0.15) is 13.2 Å². The second-order valence-corrected chi connectivity index (χ2v) is 6.43. The molecule has 0 radical (unpaired) electrons. The predicted molar refractivity (Wildman–Crippen MR) is 70.4 cm³/mol. The molecule has 0 saturated carbocycles. The van der Waals surface area contributed by atoms with Gasteiger partial charge in [-0.1, -0.05) is 26.0 Å². The third kappa shape index (κ3) is 4.47. The van der Waals surface area contributed by atoms with Crippen molar-refractivity contribution in [1.82, 2.24) is 0 Å². The lowest BCUT2D eigenvalue weighted by atomic mass is 10.1. The van der Waals surface area contributed by atoms with E-state index in [9.17, 15) is 13.2 Å². The Labute approximate surface area is 108 Å². The lowest BCUT2D eigenvalue weighted by Gasteiger charge is -2.16. The van der Waals surface area contributed by atoms with Gasteiger partial charge in [0.05, 0.1) is 10.1 Å². The Bertz CT molecular complexity index is 344. The summed E-state index contributed by atoms with van der Waals surface area (Å²) in [6, 6.07) is 5.63. The predicted octanol–water partition coefficient (Wildman–Crippen LogP) is 5.21. The van der Waals surface area contributed by atoms with Gasteiger partial charge < -0.3 is 0 Å². The molecule has 0 heterocycles. The van der Waals surface area contributed by atoms with Crippen molar-refractivity contribution < 1.29 is 13.2 Å². The fraction of sp³-hybridized carbons (Fsp3) is 0.500. The van der Waals surface area contributed by atoms with E-state index in [1.54, 1.807) is 29.6 Å². The van der Waals surface area contributed by atoms with Crippen molar-refractivity contribution in [3.63, 3.8) is 0 Å². The molecular formula is C12H15F3S2. The molecule has 0 saturated heterocycles. The van der Waals surface area contributed by atoms with Gasteiger partial charge in [0.15, 0.2) is 0 Å². The summed E-state index contributed by atoms with van der Waals surface area (Å²) in [5.74, 6) is 1.79. The molecule has 0 spiro atoms. The van der Waals surface area contributed by atoms with Crippen LogP contribution >= 0.6 is 23.5 Å². The van der Waals surface area contributed by atoms with Gasteiger partial charge in [0.25, 0.3) is 0 Å². The van der Waals surface area contributed by atoms with Crippen LogP contribution in [0.3, 0.4) is 0 Å². The summed E-state index contributed by atoms with van der Waals surface area (Å²) in [6.45, 7) is 4.03. The largest absolute Gasteiger partial charge is 0.416 e. The van der Waals surface area contributed by atoms with Crippen molar-refractivity contribution in [2.75, 3.05) is 11.5 Å². The van der Waals surface area contributed by atoms with Crippen LogP contribution in [0, 0.1) is 0 Å². The van der Waals surface area contributed by atoms with E-state index in [0.717, 1.165) is 23.1 Å². The lowest BCUT2D eigenvalue weighted by Crippen LogP contribution is -2.05. The zero-order valence-corrected chi connectivity index (χ0v) is 11.4. The van der Waals surface area contributed by atoms with Gasteiger partial charge in [0, 0.05) is 0 Å². The molecule has 0 atom stereocenters. The molecule has 0 aliphatic heterocycles. The molecule has 0 aromatic heterocycles. The van der Waals surface area contributed by atoms with E-state index >= 15 is 0 Å². The number of hydrogen-bond acceptors (Lipinski definition) is 2. The fourth-order valence-electron chi connectivity index (χ4n) is 1.40. The average molecular weight is 280 g/mol. The minimum atomic E-state index is -4.26. The first kappa shape index (κ1) is 14.8. The SMILES string of the molecule is CCSC(SCC)c1cccc(C(F)(F)F)c1. The zero-order valence-electron chi connectivity index (χ0n) is 9.75. The van der Waals surface area contributed by atoms with Crippen LogP contribution in [-0.4, -0.2) is 11.5 Å². The molecule has 0 N–H and O–H groups in total. The number of hydrogen-bond donors (Lipinski definition) is 0. The summed E-state index contributed by atoms with van der Waals surface area (Å²) in [6.07, 6.45) is -4.26. The highest BCUT2D eigenvalue weighted by atomic mass is 32.2. The molecule has 96 valence electrons. The second-order valence-electron chi connectivity index (χ2n) is 3.37. The van der Waals surface area contributed by atoms with Crippen LogP contribution in [0.2, 0.25) is 0 Å². The summed E-state index contributed by atoms with van der Waals surface area (Å²) < 4.78 is 37.9. The Balaban J connectivity index is 2.95. The van der Waals surface area contributed by atoms with E-state index in [1.807, 2.05) is 13.8 Å². The molecule has 0 nitrogen and oxygen atoms in total. The Hall–Kier alpha value is -0.290. The van der Waals surface area contributed by atoms with Gasteiger partial charge in [-0.15, -0.1) is 23.5 Å². The molecule has 5 heteroatoms. The average Bonchev–Trinajstić information content (AvgIpc) is 2.28. The quantitative estimate of drug-likeness (QED) is 0.679. The maximum absolute atomic E-state index is 12.6. The smallest absolute Gasteiger partial charge is 0.166 e. The highest BCUT2D eigenvalue weighted by molar-refractivity contribution is 8.16. The van der Waals surface area contributed by atoms with Crippen molar-refractivity contribution in [1.29, 1.82) is 0 Å². The number of alkyl halides is 3. The summed E-state index contributed by atoms with van der Waals surface area (Å²) >= 11 is 3.34. The first-order chi connectivity index (χ1) is 7.99. The van der Waals surface area contributed by atoms with Crippen LogP contribution in [0.5, 0.6) is 0 Å². The highest BCUT2D eigenvalue weighted by Crippen LogP contribution is 2.40. The van der Waals surface area contributed by atoms with Gasteiger partial charge in [-0.3, -0.25) is 0 Å². The number of thioether (sulfide) groups is 2. The highest BCUT2D eigenvalue weighted by Gasteiger charge is 2.30. The molecule has 0 aliphatic carbocycles. The van der Waals surface area contributed by atoms with Crippen LogP contribution < -0.4 is 0 Å². The minimum Gasteiger partial charge on any atom is -0.166 e. The van der Waals surface area contributed by atoms with Gasteiger partial charge >= 0.3 is 6.18 Å². The molecular weight excluding hydrogens is 265 g/mol. The monoisotopic (exact) mass is 280 g/mol. The molecule has 17 heavy (non-hydrogen) atoms. The third-order valence-electron chi connectivity index (χ3n) is 2.12. The zero-order chi connectivity index (χ0) is 12.9. The Morgan fingerprint density at radius 1 is 1.12 bits per heavy atom. The summed E-state index contributed by atoms with van der Waals surface area (Å²) in [7, 11) is 0. The van der Waals surface area contributed by atoms with Crippen molar-refractivity contribution in [3.8, 4) is 0 Å². The molecule has 0 bridgehead atoms. The first-order valence-electron chi connectivity index (χ1n) is 5.39. The van der Waals surface area contributed by atoms with E-state index < -0.39 is 11.7 Å². The molecule has 1 rings (SSSR count). The molecule has 0 amide bonds. The molecule has 1 aromatic carbocycles. The van der Waals surface area contributed by atoms with Gasteiger partial charge in [0.1, 0.15) is 0 Å². The molecule has 0 fully saturated rings. The van der Waals surface area contributed by atoms with E-state index in [1.165, 1.54) is 12.1 Å². The Kier molecular flexibility index (Phi) is 5.73. The number of benzene rings is 1. The van der Waals surface area contributed by atoms with Crippen LogP contribution in [-0.2, 0) is 6.18 Å². The van der Waals surface area contributed by atoms with Crippen molar-refractivity contribution in [2.45, 2.75) is 24.6 Å². The van der Waals surface area contributed by atoms with Crippen molar-refractivity contribution >= 4 is 23.5 Å². The lowest BCUT2D eigenvalue weighted by molar-refractivity contribution is -0.137. The normalized spacial score (nSPS) is 12.1. The number of halogens is 3. The molecule has 1 aromatic rings. The topological polar surface area (TPSA) is 0 Å². The second kappa shape index (κ2) is 6.59. The van der Waals surface area contributed by atoms with Gasteiger partial charge in [-0.05, 0) is 29.2 Å². The van der Waals surface area contributed by atoms with Gasteiger partial charge in [0.2, 0.25) is 0 Å². The maximum atomic E-state index is 12.6. The van der Waals surface area contributed by atoms with Crippen LogP contribution in [0.4, 0.5) is 13.2 Å². The number of rotatable bonds is 5. The first-order valence-corrected chi connectivity index (χ1v) is 7.49. The van der Waals surface area contributed by atoms with Crippen molar-refractivity contribution in [2.24, 2.45) is 0 Å². The van der Waals surface area contributed by atoms with Crippen molar-refractivity contribution in [3.05, 3.63) is 35.4 Å². The fourth-order valence-corrected chi connectivity index (χ4v) is 3.89.